The van der Waals surface area contributed by atoms with Gasteiger partial charge in [-0.25, -0.2) is 0 Å². The van der Waals surface area contributed by atoms with Gasteiger partial charge in [0.05, 0.1) is 5.56 Å². The number of aliphatic hydroxyl groups excluding tert-OH is 1. The molecule has 0 unspecified atom stereocenters. The Labute approximate surface area is 119 Å². The Morgan fingerprint density at radius 1 is 1.24 bits per heavy atom. The first-order chi connectivity index (χ1) is 10.0. The molecule has 0 saturated heterocycles. The highest BCUT2D eigenvalue weighted by atomic mass is 19.4. The first kappa shape index (κ1) is 14.1. The summed E-state index contributed by atoms with van der Waals surface area (Å²) in [7, 11) is 0. The summed E-state index contributed by atoms with van der Waals surface area (Å²) in [6.07, 6.45) is -2.30. The minimum atomic E-state index is -4.45. The van der Waals surface area contributed by atoms with E-state index < -0.39 is 11.7 Å². The molecule has 3 rings (SSSR count). The number of hydrogen-bond acceptors (Lipinski definition) is 3. The fourth-order valence-corrected chi connectivity index (χ4v) is 2.49. The third-order valence-electron chi connectivity index (χ3n) is 3.62. The lowest BCUT2D eigenvalue weighted by Crippen LogP contribution is -2.08. The molecule has 1 aromatic heterocycles. The molecule has 0 radical (unpaired) electrons. The highest BCUT2D eigenvalue weighted by Crippen LogP contribution is 2.45. The predicted molar refractivity (Wildman–Crippen MR) is 69.7 cm³/mol. The Hall–Kier alpha value is -1.82. The summed E-state index contributed by atoms with van der Waals surface area (Å²) in [5.41, 5.74) is 0.0551. The first-order valence-corrected chi connectivity index (χ1v) is 6.78. The summed E-state index contributed by atoms with van der Waals surface area (Å²) in [6, 6.07) is 5.31. The highest BCUT2D eigenvalue weighted by molar-refractivity contribution is 5.68. The largest absolute Gasteiger partial charge is 0.417 e. The van der Waals surface area contributed by atoms with Crippen LogP contribution in [0.5, 0.6) is 0 Å². The lowest BCUT2D eigenvalue weighted by Gasteiger charge is -2.11. The zero-order valence-corrected chi connectivity index (χ0v) is 11.2. The van der Waals surface area contributed by atoms with Crippen molar-refractivity contribution in [2.75, 3.05) is 6.61 Å². The molecule has 1 heterocycles. The molecular weight excluding hydrogens is 283 g/mol. The molecule has 0 spiro atoms. The third kappa shape index (κ3) is 2.68. The molecule has 1 saturated carbocycles. The molecule has 6 heteroatoms. The number of benzene rings is 1. The van der Waals surface area contributed by atoms with E-state index in [4.69, 9.17) is 4.52 Å². The zero-order valence-electron chi connectivity index (χ0n) is 11.2. The fraction of sp³-hybridized carbons (Fsp3) is 0.400. The standard InChI is InChI=1S/C15H14F3NO2/c16-15(17,18)12-4-2-1-3-10(12)13-11(7-8-20)14(21-19-13)9-5-6-9/h1-4,9,20H,5-8H2. The molecule has 0 amide bonds. The van der Waals surface area contributed by atoms with Crippen molar-refractivity contribution >= 4 is 0 Å². The van der Waals surface area contributed by atoms with E-state index in [9.17, 15) is 18.3 Å². The number of alkyl halides is 3. The molecule has 0 aliphatic heterocycles. The van der Waals surface area contributed by atoms with Crippen molar-refractivity contribution in [2.45, 2.75) is 31.4 Å². The van der Waals surface area contributed by atoms with Gasteiger partial charge >= 0.3 is 6.18 Å². The van der Waals surface area contributed by atoms with Gasteiger partial charge in [-0.15, -0.1) is 0 Å². The lowest BCUT2D eigenvalue weighted by molar-refractivity contribution is -0.137. The van der Waals surface area contributed by atoms with Crippen LogP contribution in [-0.2, 0) is 12.6 Å². The van der Waals surface area contributed by atoms with Crippen molar-refractivity contribution < 1.29 is 22.8 Å². The summed E-state index contributed by atoms with van der Waals surface area (Å²) >= 11 is 0. The molecule has 0 bridgehead atoms. The van der Waals surface area contributed by atoms with E-state index in [1.54, 1.807) is 6.07 Å². The summed E-state index contributed by atoms with van der Waals surface area (Å²) in [5, 5.41) is 13.0. The van der Waals surface area contributed by atoms with Gasteiger partial charge in [-0.3, -0.25) is 0 Å². The van der Waals surface area contributed by atoms with Gasteiger partial charge in [-0.2, -0.15) is 13.2 Å². The van der Waals surface area contributed by atoms with Gasteiger partial charge in [-0.05, 0) is 18.9 Å². The van der Waals surface area contributed by atoms with Gasteiger partial charge < -0.3 is 9.63 Å². The van der Waals surface area contributed by atoms with Crippen LogP contribution in [0.15, 0.2) is 28.8 Å². The molecule has 0 atom stereocenters. The smallest absolute Gasteiger partial charge is 0.396 e. The number of aliphatic hydroxyl groups is 1. The molecule has 1 aliphatic carbocycles. The summed E-state index contributed by atoms with van der Waals surface area (Å²) in [5.74, 6) is 0.849. The number of nitrogens with zero attached hydrogens (tertiary/aromatic N) is 1. The highest BCUT2D eigenvalue weighted by Gasteiger charge is 2.37. The van der Waals surface area contributed by atoms with Crippen molar-refractivity contribution in [3.05, 3.63) is 41.2 Å². The second-order valence-corrected chi connectivity index (χ2v) is 5.17. The Balaban J connectivity index is 2.13. The Kier molecular flexibility index (Phi) is 3.49. The molecule has 1 N–H and O–H groups in total. The van der Waals surface area contributed by atoms with E-state index in [1.807, 2.05) is 0 Å². The lowest BCUT2D eigenvalue weighted by atomic mass is 9.98. The van der Waals surface area contributed by atoms with Crippen LogP contribution in [0.4, 0.5) is 13.2 Å². The van der Waals surface area contributed by atoms with Crippen molar-refractivity contribution in [1.82, 2.24) is 5.16 Å². The topological polar surface area (TPSA) is 46.3 Å². The van der Waals surface area contributed by atoms with Gasteiger partial charge in [0.1, 0.15) is 11.5 Å². The Bertz CT molecular complexity index is 645. The molecule has 2 aromatic rings. The van der Waals surface area contributed by atoms with E-state index >= 15 is 0 Å². The van der Waals surface area contributed by atoms with E-state index in [0.29, 0.717) is 11.3 Å². The van der Waals surface area contributed by atoms with E-state index in [2.05, 4.69) is 5.16 Å². The fourth-order valence-electron chi connectivity index (χ4n) is 2.49. The minimum absolute atomic E-state index is 0.00380. The normalized spacial score (nSPS) is 15.4. The van der Waals surface area contributed by atoms with Gasteiger partial charge in [0, 0.05) is 30.1 Å². The molecule has 112 valence electrons. The van der Waals surface area contributed by atoms with Crippen LogP contribution in [0.1, 0.15) is 35.6 Å². The maximum Gasteiger partial charge on any atom is 0.417 e. The van der Waals surface area contributed by atoms with Crippen LogP contribution in [0, 0.1) is 0 Å². The van der Waals surface area contributed by atoms with E-state index in [-0.39, 0.29) is 30.2 Å². The van der Waals surface area contributed by atoms with Crippen LogP contribution in [-0.4, -0.2) is 16.9 Å². The molecular formula is C15H14F3NO2. The molecule has 3 nitrogen and oxygen atoms in total. The molecule has 1 aliphatic rings. The van der Waals surface area contributed by atoms with Crippen LogP contribution >= 0.6 is 0 Å². The second-order valence-electron chi connectivity index (χ2n) is 5.17. The van der Waals surface area contributed by atoms with Gasteiger partial charge in [-0.1, -0.05) is 23.4 Å². The van der Waals surface area contributed by atoms with Crippen LogP contribution in [0.2, 0.25) is 0 Å². The number of rotatable bonds is 4. The summed E-state index contributed by atoms with van der Waals surface area (Å²) < 4.78 is 44.6. The monoisotopic (exact) mass is 297 g/mol. The van der Waals surface area contributed by atoms with Crippen molar-refractivity contribution in [1.29, 1.82) is 0 Å². The second kappa shape index (κ2) is 5.18. The maximum absolute atomic E-state index is 13.1. The van der Waals surface area contributed by atoms with Crippen molar-refractivity contribution in [3.63, 3.8) is 0 Å². The third-order valence-corrected chi connectivity index (χ3v) is 3.62. The van der Waals surface area contributed by atoms with Crippen LogP contribution in [0.25, 0.3) is 11.3 Å². The van der Waals surface area contributed by atoms with Gasteiger partial charge in [0.2, 0.25) is 0 Å². The number of aromatic nitrogens is 1. The molecule has 1 fully saturated rings. The maximum atomic E-state index is 13.1. The van der Waals surface area contributed by atoms with E-state index in [0.717, 1.165) is 18.9 Å². The zero-order chi connectivity index (χ0) is 15.0. The minimum Gasteiger partial charge on any atom is -0.396 e. The number of hydrogen-bond donors (Lipinski definition) is 1. The number of halogens is 3. The SMILES string of the molecule is OCCc1c(-c2ccccc2C(F)(F)F)noc1C1CC1. The average molecular weight is 297 g/mol. The average Bonchev–Trinajstić information content (AvgIpc) is 3.20. The Morgan fingerprint density at radius 3 is 2.57 bits per heavy atom. The first-order valence-electron chi connectivity index (χ1n) is 6.78. The van der Waals surface area contributed by atoms with E-state index in [1.165, 1.54) is 12.1 Å². The van der Waals surface area contributed by atoms with Crippen molar-refractivity contribution in [2.24, 2.45) is 0 Å². The van der Waals surface area contributed by atoms with Gasteiger partial charge in [0.25, 0.3) is 0 Å². The van der Waals surface area contributed by atoms with Crippen LogP contribution in [0.3, 0.4) is 0 Å². The molecule has 21 heavy (non-hydrogen) atoms. The summed E-state index contributed by atoms with van der Waals surface area (Å²) in [4.78, 5) is 0. The molecule has 1 aromatic carbocycles. The van der Waals surface area contributed by atoms with Crippen LogP contribution < -0.4 is 0 Å². The summed E-state index contributed by atoms with van der Waals surface area (Å²) in [6.45, 7) is -0.151. The predicted octanol–water partition coefficient (Wildman–Crippen LogP) is 3.77. The van der Waals surface area contributed by atoms with Crippen molar-refractivity contribution in [3.8, 4) is 11.3 Å². The van der Waals surface area contributed by atoms with Gasteiger partial charge in [0.15, 0.2) is 0 Å². The quantitative estimate of drug-likeness (QED) is 0.934. The Morgan fingerprint density at radius 2 is 1.95 bits per heavy atom.